The summed E-state index contributed by atoms with van der Waals surface area (Å²) < 4.78 is 60.1. The number of hydrogen-bond acceptors (Lipinski definition) is 3. The molecule has 0 fully saturated rings. The van der Waals surface area contributed by atoms with Gasteiger partial charge in [0.25, 0.3) is 0 Å². The number of alkyl halides is 3. The second-order valence-corrected chi connectivity index (χ2v) is 5.75. The van der Waals surface area contributed by atoms with Crippen LogP contribution in [0.2, 0.25) is 0 Å². The van der Waals surface area contributed by atoms with E-state index < -0.39 is 18.8 Å². The summed E-state index contributed by atoms with van der Waals surface area (Å²) in [7, 11) is -3.56. The van der Waals surface area contributed by atoms with E-state index in [1.165, 1.54) is 0 Å². The van der Waals surface area contributed by atoms with Gasteiger partial charge in [-0.1, -0.05) is 6.92 Å². The van der Waals surface area contributed by atoms with Crippen molar-refractivity contribution in [1.29, 1.82) is 0 Å². The molecule has 0 atom stereocenters. The lowest BCUT2D eigenvalue weighted by molar-refractivity contribution is 0.110. The maximum atomic E-state index is 13.1. The van der Waals surface area contributed by atoms with Crippen LogP contribution >= 0.6 is 19.2 Å². The van der Waals surface area contributed by atoms with Crippen LogP contribution in [0.3, 0.4) is 0 Å². The molecule has 8 heteroatoms. The van der Waals surface area contributed by atoms with Gasteiger partial charge in [0.1, 0.15) is 0 Å². The number of allylic oxidation sites excluding steroid dienone is 3. The molecule has 112 valence electrons. The van der Waals surface area contributed by atoms with Gasteiger partial charge in [0.05, 0.1) is 13.2 Å². The lowest BCUT2D eigenvalue weighted by Crippen LogP contribution is -2.06. The van der Waals surface area contributed by atoms with Gasteiger partial charge in [-0.15, -0.1) is 0 Å². The highest BCUT2D eigenvalue weighted by atomic mass is 35.5. The molecular formula is C11H17ClF3O3P. The Hall–Kier alpha value is -0.290. The van der Waals surface area contributed by atoms with Gasteiger partial charge in [-0.3, -0.25) is 4.57 Å². The van der Waals surface area contributed by atoms with E-state index in [0.29, 0.717) is 6.08 Å². The molecule has 0 aliphatic rings. The Morgan fingerprint density at radius 1 is 1.26 bits per heavy atom. The van der Waals surface area contributed by atoms with Crippen LogP contribution in [0.1, 0.15) is 27.2 Å². The Labute approximate surface area is 115 Å². The molecule has 0 aliphatic heterocycles. The quantitative estimate of drug-likeness (QED) is 0.349. The highest BCUT2D eigenvalue weighted by Gasteiger charge is 2.32. The van der Waals surface area contributed by atoms with E-state index >= 15 is 0 Å². The normalized spacial score (nSPS) is 14.9. The summed E-state index contributed by atoms with van der Waals surface area (Å²) in [5, 5.41) is -4.09. The van der Waals surface area contributed by atoms with Crippen LogP contribution in [-0.4, -0.2) is 18.6 Å². The number of rotatable bonds is 8. The second kappa shape index (κ2) is 8.10. The monoisotopic (exact) mass is 320 g/mol. The molecule has 0 rings (SSSR count). The van der Waals surface area contributed by atoms with Gasteiger partial charge < -0.3 is 9.05 Å². The van der Waals surface area contributed by atoms with Crippen LogP contribution < -0.4 is 0 Å². The average Bonchev–Trinajstić information content (AvgIpc) is 2.27. The van der Waals surface area contributed by atoms with Gasteiger partial charge in [0, 0.05) is 5.82 Å². The Morgan fingerprint density at radius 3 is 2.05 bits per heavy atom. The first-order valence-corrected chi connectivity index (χ1v) is 7.72. The topological polar surface area (TPSA) is 35.5 Å². The molecule has 0 unspecified atom stereocenters. The third-order valence-corrected chi connectivity index (χ3v) is 4.00. The van der Waals surface area contributed by atoms with Gasteiger partial charge in [-0.25, -0.2) is 4.39 Å². The molecule has 0 bridgehead atoms. The lowest BCUT2D eigenvalue weighted by Gasteiger charge is -2.14. The van der Waals surface area contributed by atoms with Crippen molar-refractivity contribution in [2.45, 2.75) is 32.6 Å². The van der Waals surface area contributed by atoms with Crippen molar-refractivity contribution in [2.75, 3.05) is 13.2 Å². The molecule has 0 spiro atoms. The highest BCUT2D eigenvalue weighted by Crippen LogP contribution is 2.51. The van der Waals surface area contributed by atoms with Crippen LogP contribution in [-0.2, 0) is 13.6 Å². The first kappa shape index (κ1) is 18.7. The van der Waals surface area contributed by atoms with E-state index in [0.717, 1.165) is 5.82 Å². The summed E-state index contributed by atoms with van der Waals surface area (Å²) in [6.07, 6.45) is 0.711. The van der Waals surface area contributed by atoms with Crippen LogP contribution in [0.25, 0.3) is 0 Å². The Kier molecular flexibility index (Phi) is 7.98. The maximum Gasteiger partial charge on any atom is 0.373 e. The van der Waals surface area contributed by atoms with Crippen LogP contribution in [0.5, 0.6) is 0 Å². The third kappa shape index (κ3) is 7.16. The Morgan fingerprint density at radius 2 is 1.74 bits per heavy atom. The van der Waals surface area contributed by atoms with E-state index in [4.69, 9.17) is 9.05 Å². The molecule has 0 aromatic carbocycles. The first-order chi connectivity index (χ1) is 8.68. The molecule has 0 aromatic rings. The fraction of sp³-hybridized carbons (Fsp3) is 0.636. The number of halogens is 4. The zero-order valence-corrected chi connectivity index (χ0v) is 12.6. The summed E-state index contributed by atoms with van der Waals surface area (Å²) >= 11 is 4.54. The minimum Gasteiger partial charge on any atom is -0.306 e. The lowest BCUT2D eigenvalue weighted by atomic mass is 10.2. The molecule has 0 heterocycles. The average molecular weight is 321 g/mol. The Balaban J connectivity index is 5.32. The van der Waals surface area contributed by atoms with Crippen LogP contribution in [0, 0.1) is 0 Å². The van der Waals surface area contributed by atoms with Crippen molar-refractivity contribution in [3.63, 3.8) is 0 Å². The fourth-order valence-electron chi connectivity index (χ4n) is 1.15. The van der Waals surface area contributed by atoms with Crippen molar-refractivity contribution in [2.24, 2.45) is 0 Å². The van der Waals surface area contributed by atoms with Crippen molar-refractivity contribution in [3.05, 3.63) is 23.3 Å². The molecule has 0 amide bonds. The van der Waals surface area contributed by atoms with Crippen molar-refractivity contribution >= 4 is 19.2 Å². The molecule has 0 saturated heterocycles. The third-order valence-electron chi connectivity index (χ3n) is 1.93. The van der Waals surface area contributed by atoms with Gasteiger partial charge in [0.15, 0.2) is 5.83 Å². The zero-order chi connectivity index (χ0) is 15.1. The molecule has 0 aromatic heterocycles. The molecule has 3 nitrogen and oxygen atoms in total. The van der Waals surface area contributed by atoms with Gasteiger partial charge >= 0.3 is 13.0 Å². The van der Waals surface area contributed by atoms with Crippen LogP contribution in [0.15, 0.2) is 23.3 Å². The van der Waals surface area contributed by atoms with E-state index in [9.17, 15) is 17.7 Å². The first-order valence-electron chi connectivity index (χ1n) is 5.73. The van der Waals surface area contributed by atoms with Gasteiger partial charge in [-0.2, -0.15) is 8.78 Å². The second-order valence-electron chi connectivity index (χ2n) is 3.42. The van der Waals surface area contributed by atoms with E-state index in [2.05, 4.69) is 11.6 Å². The minimum absolute atomic E-state index is 0.0584. The largest absolute Gasteiger partial charge is 0.373 e. The minimum atomic E-state index is -4.09. The van der Waals surface area contributed by atoms with Gasteiger partial charge in [-0.05, 0) is 43.5 Å². The summed E-state index contributed by atoms with van der Waals surface area (Å²) in [5.41, 5.74) is 0.0584. The summed E-state index contributed by atoms with van der Waals surface area (Å²) in [4.78, 5) is 0. The van der Waals surface area contributed by atoms with Crippen molar-refractivity contribution in [1.82, 2.24) is 0 Å². The zero-order valence-electron chi connectivity index (χ0n) is 11.0. The summed E-state index contributed by atoms with van der Waals surface area (Å²) in [6, 6.07) is 0. The summed E-state index contributed by atoms with van der Waals surface area (Å²) in [6.45, 7) is 5.03. The van der Waals surface area contributed by atoms with Crippen LogP contribution in [0.4, 0.5) is 13.2 Å². The van der Waals surface area contributed by atoms with E-state index in [1.54, 1.807) is 20.8 Å². The Bertz CT molecular complexity index is 381. The fourth-order valence-corrected chi connectivity index (χ4v) is 2.81. The van der Waals surface area contributed by atoms with Gasteiger partial charge in [0.2, 0.25) is 0 Å². The molecule has 0 N–H and O–H groups in total. The molecule has 0 aliphatic carbocycles. The molecule has 0 saturated carbocycles. The standard InChI is InChI=1S/C11H17ClF3O3P/c1-4-9(7-10(13)11(12,14)15)8-19(16,17-5-2)18-6-3/h7-8H,4-6H2,1-3H3/b9-8-,10-7-. The molecule has 19 heavy (non-hydrogen) atoms. The molecule has 0 radical (unpaired) electrons. The van der Waals surface area contributed by atoms with E-state index in [1.807, 2.05) is 0 Å². The summed E-state index contributed by atoms with van der Waals surface area (Å²) in [5.74, 6) is -0.788. The van der Waals surface area contributed by atoms with Crippen molar-refractivity contribution in [3.8, 4) is 0 Å². The SMILES string of the molecule is CCOP(=O)(/C=C(\C=C(/F)C(F)(F)Cl)CC)OCC. The van der Waals surface area contributed by atoms with E-state index in [-0.39, 0.29) is 25.2 Å². The predicted octanol–water partition coefficient (Wildman–Crippen LogP) is 5.23. The predicted molar refractivity (Wildman–Crippen MR) is 69.2 cm³/mol. The maximum absolute atomic E-state index is 13.1. The van der Waals surface area contributed by atoms with Crippen molar-refractivity contribution < 1.29 is 26.8 Å². The smallest absolute Gasteiger partial charge is 0.306 e. The number of hydrogen-bond donors (Lipinski definition) is 0. The highest BCUT2D eigenvalue weighted by molar-refractivity contribution is 7.57. The molecular weight excluding hydrogens is 304 g/mol.